The Bertz CT molecular complexity index is 747. The largest absolute Gasteiger partial charge is 0.378 e. The van der Waals surface area contributed by atoms with E-state index in [1.807, 2.05) is 12.1 Å². The van der Waals surface area contributed by atoms with E-state index in [0.717, 1.165) is 44.4 Å². The number of hydrogen-bond acceptors (Lipinski definition) is 6. The third-order valence-electron chi connectivity index (χ3n) is 4.46. The summed E-state index contributed by atoms with van der Waals surface area (Å²) < 4.78 is 5.37. The van der Waals surface area contributed by atoms with Gasteiger partial charge in [-0.3, -0.25) is 4.79 Å². The summed E-state index contributed by atoms with van der Waals surface area (Å²) >= 11 is 0. The SMILES string of the molecule is Cc1cccc(CCC(=O)NCCNc2cc(N3CCOCC3)ncn2)c1. The number of morpholine rings is 1. The van der Waals surface area contributed by atoms with E-state index < -0.39 is 0 Å². The second-order valence-electron chi connectivity index (χ2n) is 6.63. The number of hydrogen-bond donors (Lipinski definition) is 2. The van der Waals surface area contributed by atoms with E-state index in [2.05, 4.69) is 50.6 Å². The number of ether oxygens (including phenoxy) is 1. The van der Waals surface area contributed by atoms with Crippen LogP contribution in [0.2, 0.25) is 0 Å². The number of amides is 1. The third kappa shape index (κ3) is 6.21. The molecule has 7 nitrogen and oxygen atoms in total. The number of aromatic nitrogens is 2. The predicted molar refractivity (Wildman–Crippen MR) is 106 cm³/mol. The molecule has 0 spiro atoms. The molecule has 0 aliphatic carbocycles. The summed E-state index contributed by atoms with van der Waals surface area (Å²) in [5, 5.41) is 6.18. The van der Waals surface area contributed by atoms with Crippen LogP contribution in [-0.2, 0) is 16.0 Å². The van der Waals surface area contributed by atoms with Crippen LogP contribution in [0, 0.1) is 6.92 Å². The first-order valence-electron chi connectivity index (χ1n) is 9.41. The molecule has 144 valence electrons. The minimum Gasteiger partial charge on any atom is -0.378 e. The molecule has 1 fully saturated rings. The van der Waals surface area contributed by atoms with Crippen molar-refractivity contribution >= 4 is 17.5 Å². The van der Waals surface area contributed by atoms with Crippen molar-refractivity contribution in [2.24, 2.45) is 0 Å². The number of rotatable bonds is 8. The zero-order chi connectivity index (χ0) is 18.9. The molecule has 2 aromatic rings. The van der Waals surface area contributed by atoms with Crippen LogP contribution in [0.5, 0.6) is 0 Å². The maximum Gasteiger partial charge on any atom is 0.220 e. The molecular formula is C20H27N5O2. The summed E-state index contributed by atoms with van der Waals surface area (Å²) in [5.74, 6) is 1.73. The second kappa shape index (κ2) is 9.87. The van der Waals surface area contributed by atoms with Crippen LogP contribution < -0.4 is 15.5 Å². The Hall–Kier alpha value is -2.67. The zero-order valence-electron chi connectivity index (χ0n) is 15.8. The Morgan fingerprint density at radius 1 is 1.19 bits per heavy atom. The van der Waals surface area contributed by atoms with Crippen LogP contribution in [0.15, 0.2) is 36.7 Å². The number of nitrogens with one attached hydrogen (secondary N) is 2. The number of anilines is 2. The van der Waals surface area contributed by atoms with Crippen molar-refractivity contribution in [2.45, 2.75) is 19.8 Å². The number of carbonyl (C=O) groups excluding carboxylic acids is 1. The molecule has 1 saturated heterocycles. The fraction of sp³-hybridized carbons (Fsp3) is 0.450. The lowest BCUT2D eigenvalue weighted by Gasteiger charge is -2.27. The Morgan fingerprint density at radius 3 is 2.85 bits per heavy atom. The maximum atomic E-state index is 12.0. The summed E-state index contributed by atoms with van der Waals surface area (Å²) in [4.78, 5) is 22.7. The smallest absolute Gasteiger partial charge is 0.220 e. The average Bonchev–Trinajstić information content (AvgIpc) is 2.71. The quantitative estimate of drug-likeness (QED) is 0.691. The first-order chi connectivity index (χ1) is 13.2. The van der Waals surface area contributed by atoms with Gasteiger partial charge in [-0.1, -0.05) is 29.8 Å². The van der Waals surface area contributed by atoms with E-state index in [0.29, 0.717) is 19.5 Å². The molecule has 1 amide bonds. The molecule has 27 heavy (non-hydrogen) atoms. The van der Waals surface area contributed by atoms with Crippen molar-refractivity contribution in [3.8, 4) is 0 Å². The van der Waals surface area contributed by atoms with Crippen molar-refractivity contribution in [3.63, 3.8) is 0 Å². The zero-order valence-corrected chi connectivity index (χ0v) is 15.8. The topological polar surface area (TPSA) is 79.4 Å². The Labute approximate surface area is 160 Å². The molecular weight excluding hydrogens is 342 g/mol. The van der Waals surface area contributed by atoms with E-state index in [9.17, 15) is 4.79 Å². The molecule has 0 atom stereocenters. The first kappa shape index (κ1) is 19.1. The molecule has 1 aromatic heterocycles. The first-order valence-corrected chi connectivity index (χ1v) is 9.41. The highest BCUT2D eigenvalue weighted by Gasteiger charge is 2.12. The summed E-state index contributed by atoms with van der Waals surface area (Å²) in [7, 11) is 0. The maximum absolute atomic E-state index is 12.0. The van der Waals surface area contributed by atoms with E-state index in [1.54, 1.807) is 6.33 Å². The Kier molecular flexibility index (Phi) is 6.98. The highest BCUT2D eigenvalue weighted by molar-refractivity contribution is 5.76. The Balaban J connectivity index is 1.36. The summed E-state index contributed by atoms with van der Waals surface area (Å²) in [6.45, 7) is 6.37. The molecule has 1 aliphatic rings. The Morgan fingerprint density at radius 2 is 2.04 bits per heavy atom. The molecule has 7 heteroatoms. The van der Waals surface area contributed by atoms with Gasteiger partial charge in [0.15, 0.2) is 0 Å². The minimum atomic E-state index is 0.0648. The highest BCUT2D eigenvalue weighted by Crippen LogP contribution is 2.15. The normalized spacial score (nSPS) is 14.0. The van der Waals surface area contributed by atoms with Gasteiger partial charge in [0, 0.05) is 38.7 Å². The number of nitrogens with zero attached hydrogens (tertiary/aromatic N) is 3. The fourth-order valence-corrected chi connectivity index (χ4v) is 3.02. The molecule has 0 unspecified atom stereocenters. The van der Waals surface area contributed by atoms with E-state index in [1.165, 1.54) is 11.1 Å². The van der Waals surface area contributed by atoms with Gasteiger partial charge in [0.05, 0.1) is 13.2 Å². The number of aryl methyl sites for hydroxylation is 2. The van der Waals surface area contributed by atoms with Crippen LogP contribution in [-0.4, -0.2) is 55.3 Å². The molecule has 2 N–H and O–H groups in total. The standard InChI is InChI=1S/C20H27N5O2/c1-16-3-2-4-17(13-16)5-6-20(26)22-8-7-21-18-14-19(24-15-23-18)25-9-11-27-12-10-25/h2-4,13-15H,5-12H2,1H3,(H,22,26)(H,21,23,24). The van der Waals surface area contributed by atoms with Gasteiger partial charge < -0.3 is 20.3 Å². The number of carbonyl (C=O) groups is 1. The fourth-order valence-electron chi connectivity index (χ4n) is 3.02. The van der Waals surface area contributed by atoms with Crippen molar-refractivity contribution in [1.82, 2.24) is 15.3 Å². The van der Waals surface area contributed by atoms with Gasteiger partial charge in [-0.2, -0.15) is 0 Å². The molecule has 2 heterocycles. The van der Waals surface area contributed by atoms with E-state index in [-0.39, 0.29) is 5.91 Å². The van der Waals surface area contributed by atoms with Crippen LogP contribution in [0.3, 0.4) is 0 Å². The third-order valence-corrected chi connectivity index (χ3v) is 4.46. The van der Waals surface area contributed by atoms with Gasteiger partial charge in [0.1, 0.15) is 18.0 Å². The van der Waals surface area contributed by atoms with Gasteiger partial charge in [0.2, 0.25) is 5.91 Å². The monoisotopic (exact) mass is 369 g/mol. The minimum absolute atomic E-state index is 0.0648. The molecule has 1 aliphatic heterocycles. The molecule has 0 saturated carbocycles. The van der Waals surface area contributed by atoms with Crippen molar-refractivity contribution < 1.29 is 9.53 Å². The van der Waals surface area contributed by atoms with Crippen LogP contribution in [0.4, 0.5) is 11.6 Å². The van der Waals surface area contributed by atoms with Gasteiger partial charge in [-0.05, 0) is 18.9 Å². The van der Waals surface area contributed by atoms with Gasteiger partial charge in [-0.15, -0.1) is 0 Å². The molecule has 0 radical (unpaired) electrons. The summed E-state index contributed by atoms with van der Waals surface area (Å²) in [5.41, 5.74) is 2.42. The number of benzene rings is 1. The van der Waals surface area contributed by atoms with Crippen molar-refractivity contribution in [1.29, 1.82) is 0 Å². The van der Waals surface area contributed by atoms with Crippen LogP contribution in [0.1, 0.15) is 17.5 Å². The molecule has 3 rings (SSSR count). The van der Waals surface area contributed by atoms with Gasteiger partial charge >= 0.3 is 0 Å². The van der Waals surface area contributed by atoms with Crippen molar-refractivity contribution in [2.75, 3.05) is 49.6 Å². The highest BCUT2D eigenvalue weighted by atomic mass is 16.5. The lowest BCUT2D eigenvalue weighted by Crippen LogP contribution is -2.36. The van der Waals surface area contributed by atoms with Crippen LogP contribution >= 0.6 is 0 Å². The van der Waals surface area contributed by atoms with Gasteiger partial charge in [0.25, 0.3) is 0 Å². The average molecular weight is 369 g/mol. The molecule has 0 bridgehead atoms. The van der Waals surface area contributed by atoms with E-state index in [4.69, 9.17) is 4.74 Å². The predicted octanol–water partition coefficient (Wildman–Crippen LogP) is 1.78. The van der Waals surface area contributed by atoms with Gasteiger partial charge in [-0.25, -0.2) is 9.97 Å². The second-order valence-corrected chi connectivity index (χ2v) is 6.63. The lowest BCUT2D eigenvalue weighted by molar-refractivity contribution is -0.120. The molecule has 1 aromatic carbocycles. The lowest BCUT2D eigenvalue weighted by atomic mass is 10.1. The van der Waals surface area contributed by atoms with Crippen molar-refractivity contribution in [3.05, 3.63) is 47.8 Å². The summed E-state index contributed by atoms with van der Waals surface area (Å²) in [6.07, 6.45) is 2.82. The summed E-state index contributed by atoms with van der Waals surface area (Å²) in [6, 6.07) is 10.2. The van der Waals surface area contributed by atoms with Crippen LogP contribution in [0.25, 0.3) is 0 Å². The van der Waals surface area contributed by atoms with E-state index >= 15 is 0 Å².